The van der Waals surface area contributed by atoms with Gasteiger partial charge in [0.05, 0.1) is 5.75 Å². The molecule has 5 nitrogen and oxygen atoms in total. The number of hydrogen-bond donors (Lipinski definition) is 1. The summed E-state index contributed by atoms with van der Waals surface area (Å²) < 4.78 is 26.8. The van der Waals surface area contributed by atoms with Gasteiger partial charge in [0, 0.05) is 25.7 Å². The normalized spacial score (nSPS) is 11.3. The number of carbonyl (C=O) groups is 1. The van der Waals surface area contributed by atoms with Gasteiger partial charge in [-0.25, -0.2) is 13.1 Å². The molecule has 25 heavy (non-hydrogen) atoms. The lowest BCUT2D eigenvalue weighted by atomic mass is 10.2. The highest BCUT2D eigenvalue weighted by Crippen LogP contribution is 2.14. The Morgan fingerprint density at radius 3 is 2.28 bits per heavy atom. The van der Waals surface area contributed by atoms with Gasteiger partial charge in [0.2, 0.25) is 15.9 Å². The van der Waals surface area contributed by atoms with Gasteiger partial charge in [0.25, 0.3) is 0 Å². The van der Waals surface area contributed by atoms with Gasteiger partial charge >= 0.3 is 0 Å². The van der Waals surface area contributed by atoms with Crippen molar-refractivity contribution in [1.82, 2.24) is 4.72 Å². The first-order valence-corrected chi connectivity index (χ1v) is 9.89. The minimum Gasteiger partial charge on any atom is -0.311 e. The molecule has 0 bridgehead atoms. The fourth-order valence-corrected chi connectivity index (χ4v) is 3.53. The van der Waals surface area contributed by atoms with Crippen LogP contribution in [0.25, 0.3) is 0 Å². The van der Waals surface area contributed by atoms with Crippen LogP contribution >= 0.6 is 0 Å². The number of rotatable bonds is 8. The minimum absolute atomic E-state index is 0.0294. The SMILES string of the molecule is CC(=O)N(CCNS(=O)(=O)CCc1ccccc1)c1ccc(C)cc1. The van der Waals surface area contributed by atoms with E-state index in [4.69, 9.17) is 0 Å². The van der Waals surface area contributed by atoms with Crippen LogP contribution in [0.3, 0.4) is 0 Å². The Morgan fingerprint density at radius 1 is 1.04 bits per heavy atom. The second kappa shape index (κ2) is 8.78. The van der Waals surface area contributed by atoms with Crippen molar-refractivity contribution in [2.45, 2.75) is 20.3 Å². The van der Waals surface area contributed by atoms with Gasteiger partial charge in [-0.15, -0.1) is 0 Å². The van der Waals surface area contributed by atoms with Gasteiger partial charge in [-0.1, -0.05) is 48.0 Å². The number of hydrogen-bond acceptors (Lipinski definition) is 3. The molecule has 0 aliphatic heterocycles. The van der Waals surface area contributed by atoms with Crippen molar-refractivity contribution in [3.63, 3.8) is 0 Å². The van der Waals surface area contributed by atoms with E-state index in [2.05, 4.69) is 4.72 Å². The first-order chi connectivity index (χ1) is 11.9. The molecular weight excluding hydrogens is 336 g/mol. The van der Waals surface area contributed by atoms with Crippen LogP contribution < -0.4 is 9.62 Å². The Hall–Kier alpha value is -2.18. The fraction of sp³-hybridized carbons (Fsp3) is 0.316. The highest BCUT2D eigenvalue weighted by molar-refractivity contribution is 7.89. The van der Waals surface area contributed by atoms with Crippen molar-refractivity contribution < 1.29 is 13.2 Å². The summed E-state index contributed by atoms with van der Waals surface area (Å²) in [4.78, 5) is 13.4. The first-order valence-electron chi connectivity index (χ1n) is 8.23. The van der Waals surface area contributed by atoms with E-state index >= 15 is 0 Å². The van der Waals surface area contributed by atoms with Crippen molar-refractivity contribution in [3.8, 4) is 0 Å². The van der Waals surface area contributed by atoms with Crippen LogP contribution in [0, 0.1) is 6.92 Å². The molecule has 2 aromatic carbocycles. The van der Waals surface area contributed by atoms with Crippen LogP contribution in [0.2, 0.25) is 0 Å². The Kier molecular flexibility index (Phi) is 6.73. The molecule has 0 saturated carbocycles. The van der Waals surface area contributed by atoms with E-state index in [1.165, 1.54) is 6.92 Å². The number of benzene rings is 2. The quantitative estimate of drug-likeness (QED) is 0.787. The molecule has 1 N–H and O–H groups in total. The molecule has 0 unspecified atom stereocenters. The summed E-state index contributed by atoms with van der Waals surface area (Å²) >= 11 is 0. The van der Waals surface area contributed by atoms with Gasteiger partial charge in [0.15, 0.2) is 0 Å². The van der Waals surface area contributed by atoms with Gasteiger partial charge in [-0.05, 0) is 31.0 Å². The lowest BCUT2D eigenvalue weighted by molar-refractivity contribution is -0.116. The van der Waals surface area contributed by atoms with E-state index in [0.29, 0.717) is 13.0 Å². The summed E-state index contributed by atoms with van der Waals surface area (Å²) in [5, 5.41) is 0. The maximum absolute atomic E-state index is 12.1. The van der Waals surface area contributed by atoms with E-state index in [1.807, 2.05) is 61.5 Å². The summed E-state index contributed by atoms with van der Waals surface area (Å²) in [5.41, 5.74) is 2.85. The Bertz CT molecular complexity index is 787. The number of anilines is 1. The lowest BCUT2D eigenvalue weighted by Crippen LogP contribution is -2.38. The number of nitrogens with zero attached hydrogens (tertiary/aromatic N) is 1. The zero-order chi connectivity index (χ0) is 18.3. The third-order valence-corrected chi connectivity index (χ3v) is 5.27. The number of sulfonamides is 1. The standard InChI is InChI=1S/C19H24N2O3S/c1-16-8-10-19(11-9-16)21(17(2)22)14-13-20-25(23,24)15-12-18-6-4-3-5-7-18/h3-11,20H,12-15H2,1-2H3. The number of carbonyl (C=O) groups excluding carboxylic acids is 1. The van der Waals surface area contributed by atoms with Crippen LogP contribution in [0.15, 0.2) is 54.6 Å². The van der Waals surface area contributed by atoms with Gasteiger partial charge < -0.3 is 4.90 Å². The highest BCUT2D eigenvalue weighted by Gasteiger charge is 2.14. The van der Waals surface area contributed by atoms with Crippen LogP contribution in [-0.2, 0) is 21.2 Å². The molecule has 0 heterocycles. The maximum Gasteiger partial charge on any atom is 0.223 e. The van der Waals surface area contributed by atoms with E-state index in [-0.39, 0.29) is 18.2 Å². The molecule has 0 saturated heterocycles. The van der Waals surface area contributed by atoms with Crippen molar-refractivity contribution in [3.05, 3.63) is 65.7 Å². The fourth-order valence-electron chi connectivity index (χ4n) is 2.48. The third kappa shape index (κ3) is 6.32. The maximum atomic E-state index is 12.1. The van der Waals surface area contributed by atoms with Crippen molar-refractivity contribution in [2.24, 2.45) is 0 Å². The van der Waals surface area contributed by atoms with E-state index in [0.717, 1.165) is 16.8 Å². The summed E-state index contributed by atoms with van der Waals surface area (Å²) in [6, 6.07) is 17.1. The highest BCUT2D eigenvalue weighted by atomic mass is 32.2. The molecule has 0 atom stereocenters. The Morgan fingerprint density at radius 2 is 1.68 bits per heavy atom. The molecule has 0 aliphatic rings. The number of amides is 1. The van der Waals surface area contributed by atoms with Gasteiger partial charge in [0.1, 0.15) is 0 Å². The zero-order valence-electron chi connectivity index (χ0n) is 14.6. The van der Waals surface area contributed by atoms with Crippen LogP contribution in [0.1, 0.15) is 18.1 Å². The molecule has 2 aromatic rings. The lowest BCUT2D eigenvalue weighted by Gasteiger charge is -2.21. The zero-order valence-corrected chi connectivity index (χ0v) is 15.4. The molecule has 0 radical (unpaired) electrons. The molecule has 1 amide bonds. The summed E-state index contributed by atoms with van der Waals surface area (Å²) in [6.07, 6.45) is 0.463. The summed E-state index contributed by atoms with van der Waals surface area (Å²) in [6.45, 7) is 3.93. The second-order valence-electron chi connectivity index (χ2n) is 5.96. The number of aryl methyl sites for hydroxylation is 2. The second-order valence-corrected chi connectivity index (χ2v) is 7.88. The van der Waals surface area contributed by atoms with Crippen LogP contribution in [0.5, 0.6) is 0 Å². The molecule has 0 aromatic heterocycles. The summed E-state index contributed by atoms with van der Waals surface area (Å²) in [5.74, 6) is -0.0888. The molecule has 0 aliphatic carbocycles. The molecule has 0 spiro atoms. The third-order valence-electron chi connectivity index (χ3n) is 3.89. The van der Waals surface area contributed by atoms with Gasteiger partial charge in [-0.2, -0.15) is 0 Å². The Labute approximate surface area is 149 Å². The van der Waals surface area contributed by atoms with E-state index in [1.54, 1.807) is 4.90 Å². The monoisotopic (exact) mass is 360 g/mol. The van der Waals surface area contributed by atoms with Crippen molar-refractivity contribution >= 4 is 21.6 Å². The average molecular weight is 360 g/mol. The molecule has 2 rings (SSSR count). The topological polar surface area (TPSA) is 66.5 Å². The molecule has 0 fully saturated rings. The van der Waals surface area contributed by atoms with Crippen LogP contribution in [0.4, 0.5) is 5.69 Å². The van der Waals surface area contributed by atoms with Crippen LogP contribution in [-0.4, -0.2) is 33.2 Å². The average Bonchev–Trinajstić information content (AvgIpc) is 2.59. The smallest absolute Gasteiger partial charge is 0.223 e. The van der Waals surface area contributed by atoms with Gasteiger partial charge in [-0.3, -0.25) is 4.79 Å². The Balaban J connectivity index is 1.88. The predicted octanol–water partition coefficient (Wildman–Crippen LogP) is 2.51. The molecule has 6 heteroatoms. The number of nitrogens with one attached hydrogen (secondary N) is 1. The predicted molar refractivity (Wildman–Crippen MR) is 101 cm³/mol. The largest absolute Gasteiger partial charge is 0.311 e. The van der Waals surface area contributed by atoms with E-state index in [9.17, 15) is 13.2 Å². The van der Waals surface area contributed by atoms with Crippen molar-refractivity contribution in [2.75, 3.05) is 23.7 Å². The minimum atomic E-state index is -3.38. The van der Waals surface area contributed by atoms with E-state index < -0.39 is 10.0 Å². The molecule has 134 valence electrons. The van der Waals surface area contributed by atoms with Crippen molar-refractivity contribution in [1.29, 1.82) is 0 Å². The first kappa shape index (κ1) is 19.1. The summed E-state index contributed by atoms with van der Waals surface area (Å²) in [7, 11) is -3.38. The molecular formula is C19H24N2O3S.